The number of benzene rings is 1. The van der Waals surface area contributed by atoms with Gasteiger partial charge in [-0.15, -0.1) is 11.3 Å². The van der Waals surface area contributed by atoms with Gasteiger partial charge in [0.15, 0.2) is 11.5 Å². The Balaban J connectivity index is 2.09. The molecule has 0 aliphatic heterocycles. The smallest absolute Gasteiger partial charge is 0.262 e. The highest BCUT2D eigenvalue weighted by atomic mass is 32.1. The van der Waals surface area contributed by atoms with E-state index in [0.717, 1.165) is 5.56 Å². The van der Waals surface area contributed by atoms with Crippen LogP contribution >= 0.6 is 11.3 Å². The van der Waals surface area contributed by atoms with Crippen molar-refractivity contribution in [2.24, 2.45) is 5.92 Å². The number of amides is 2. The number of carbonyl (C=O) groups excluding carboxylic acids is 2. The first kappa shape index (κ1) is 21.6. The average Bonchev–Trinajstić information content (AvgIpc) is 3.23. The first-order valence-corrected chi connectivity index (χ1v) is 9.70. The number of methoxy groups -OCH3 is 3. The van der Waals surface area contributed by atoms with E-state index in [0.29, 0.717) is 22.1 Å². The molecule has 0 bridgehead atoms. The molecule has 0 saturated heterocycles. The molecule has 7 nitrogen and oxygen atoms in total. The summed E-state index contributed by atoms with van der Waals surface area (Å²) in [6, 6.07) is 6.43. The lowest BCUT2D eigenvalue weighted by Crippen LogP contribution is -2.49. The van der Waals surface area contributed by atoms with Gasteiger partial charge in [0.25, 0.3) is 5.91 Å². The van der Waals surface area contributed by atoms with Crippen LogP contribution in [0, 0.1) is 5.92 Å². The molecule has 0 aliphatic carbocycles. The predicted molar refractivity (Wildman–Crippen MR) is 108 cm³/mol. The van der Waals surface area contributed by atoms with Crippen LogP contribution in [0.15, 0.2) is 29.6 Å². The van der Waals surface area contributed by atoms with Crippen molar-refractivity contribution in [2.45, 2.75) is 26.4 Å². The van der Waals surface area contributed by atoms with Crippen molar-refractivity contribution in [2.75, 3.05) is 21.3 Å². The second-order valence-corrected chi connectivity index (χ2v) is 7.37. The Bertz CT molecular complexity index is 780. The van der Waals surface area contributed by atoms with Crippen LogP contribution in [0.3, 0.4) is 0 Å². The summed E-state index contributed by atoms with van der Waals surface area (Å²) in [5.41, 5.74) is 0.787. The molecule has 2 amide bonds. The average molecular weight is 407 g/mol. The molecule has 28 heavy (non-hydrogen) atoms. The van der Waals surface area contributed by atoms with Crippen LogP contribution in [0.5, 0.6) is 17.2 Å². The minimum atomic E-state index is -0.642. The second kappa shape index (κ2) is 9.98. The topological polar surface area (TPSA) is 85.9 Å². The van der Waals surface area contributed by atoms with Crippen molar-refractivity contribution in [1.82, 2.24) is 10.6 Å². The largest absolute Gasteiger partial charge is 0.493 e. The molecule has 2 N–H and O–H groups in total. The minimum absolute atomic E-state index is 0.0659. The van der Waals surface area contributed by atoms with E-state index in [1.807, 2.05) is 19.2 Å². The molecule has 1 heterocycles. The molecule has 0 radical (unpaired) electrons. The van der Waals surface area contributed by atoms with Crippen molar-refractivity contribution in [3.63, 3.8) is 0 Å². The van der Waals surface area contributed by atoms with E-state index in [2.05, 4.69) is 10.6 Å². The lowest BCUT2D eigenvalue weighted by Gasteiger charge is -2.22. The Morgan fingerprint density at radius 2 is 1.71 bits per heavy atom. The first-order valence-electron chi connectivity index (χ1n) is 8.82. The van der Waals surface area contributed by atoms with Gasteiger partial charge >= 0.3 is 0 Å². The molecule has 2 rings (SSSR count). The third-order valence-corrected chi connectivity index (χ3v) is 5.04. The number of rotatable bonds is 9. The molecule has 1 aromatic heterocycles. The van der Waals surface area contributed by atoms with Gasteiger partial charge in [0.1, 0.15) is 6.04 Å². The molecular formula is C20H26N2O5S. The lowest BCUT2D eigenvalue weighted by atomic mass is 10.0. The highest BCUT2D eigenvalue weighted by Crippen LogP contribution is 2.38. The van der Waals surface area contributed by atoms with Gasteiger partial charge in [-0.3, -0.25) is 9.59 Å². The summed E-state index contributed by atoms with van der Waals surface area (Å²) in [4.78, 5) is 25.6. The van der Waals surface area contributed by atoms with Gasteiger partial charge in [-0.05, 0) is 35.1 Å². The molecule has 0 spiro atoms. The fourth-order valence-electron chi connectivity index (χ4n) is 2.69. The van der Waals surface area contributed by atoms with E-state index in [9.17, 15) is 9.59 Å². The third kappa shape index (κ3) is 5.16. The van der Waals surface area contributed by atoms with Gasteiger partial charge in [0.2, 0.25) is 11.7 Å². The van der Waals surface area contributed by atoms with Gasteiger partial charge in [0, 0.05) is 6.54 Å². The van der Waals surface area contributed by atoms with Gasteiger partial charge in [0.05, 0.1) is 26.2 Å². The van der Waals surface area contributed by atoms with Crippen molar-refractivity contribution >= 4 is 23.2 Å². The maximum Gasteiger partial charge on any atom is 0.262 e. The summed E-state index contributed by atoms with van der Waals surface area (Å²) in [5, 5.41) is 7.50. The zero-order valence-corrected chi connectivity index (χ0v) is 17.5. The maximum atomic E-state index is 12.7. The van der Waals surface area contributed by atoms with Gasteiger partial charge < -0.3 is 24.8 Å². The fraction of sp³-hybridized carbons (Fsp3) is 0.400. The van der Waals surface area contributed by atoms with Crippen LogP contribution in [-0.2, 0) is 11.3 Å². The Labute approximate surface area is 169 Å². The van der Waals surface area contributed by atoms with Gasteiger partial charge in [-0.1, -0.05) is 19.9 Å². The molecule has 2 aromatic rings. The summed E-state index contributed by atoms with van der Waals surface area (Å²) in [6.07, 6.45) is 0. The minimum Gasteiger partial charge on any atom is -0.493 e. The summed E-state index contributed by atoms with van der Waals surface area (Å²) >= 11 is 1.33. The van der Waals surface area contributed by atoms with E-state index in [1.165, 1.54) is 32.7 Å². The van der Waals surface area contributed by atoms with E-state index >= 15 is 0 Å². The SMILES string of the molecule is COc1cc(CNC(=O)[C@H](NC(=O)c2cccs2)C(C)C)cc(OC)c1OC. The number of hydrogen-bond acceptors (Lipinski definition) is 6. The molecule has 1 aromatic carbocycles. The Hall–Kier alpha value is -2.74. The van der Waals surface area contributed by atoms with Crippen molar-refractivity contribution in [1.29, 1.82) is 0 Å². The van der Waals surface area contributed by atoms with E-state index in [1.54, 1.807) is 24.3 Å². The number of nitrogens with one attached hydrogen (secondary N) is 2. The summed E-state index contributed by atoms with van der Waals surface area (Å²) in [5.74, 6) is 0.938. The number of ether oxygens (including phenoxy) is 3. The van der Waals surface area contributed by atoms with Crippen LogP contribution in [-0.4, -0.2) is 39.2 Å². The maximum absolute atomic E-state index is 12.7. The highest BCUT2D eigenvalue weighted by molar-refractivity contribution is 7.12. The van der Waals surface area contributed by atoms with Crippen LogP contribution in [0.25, 0.3) is 0 Å². The highest BCUT2D eigenvalue weighted by Gasteiger charge is 2.25. The predicted octanol–water partition coefficient (Wildman–Crippen LogP) is 2.84. The number of hydrogen-bond donors (Lipinski definition) is 2. The third-order valence-electron chi connectivity index (χ3n) is 4.17. The molecule has 0 aliphatic rings. The number of thiophene rings is 1. The number of carbonyl (C=O) groups is 2. The normalized spacial score (nSPS) is 11.6. The summed E-state index contributed by atoms with van der Waals surface area (Å²) in [7, 11) is 4.61. The standard InChI is InChI=1S/C20H26N2O5S/c1-12(2)17(22-19(23)16-7-6-8-28-16)20(24)21-11-13-9-14(25-3)18(27-5)15(10-13)26-4/h6-10,12,17H,11H2,1-5H3,(H,21,24)(H,22,23)/t17-/m1/s1. The molecule has 152 valence electrons. The van der Waals surface area contributed by atoms with Crippen LogP contribution in [0.1, 0.15) is 29.1 Å². The van der Waals surface area contributed by atoms with Gasteiger partial charge in [-0.2, -0.15) is 0 Å². The van der Waals surface area contributed by atoms with E-state index < -0.39 is 6.04 Å². The molecule has 8 heteroatoms. The summed E-state index contributed by atoms with van der Waals surface area (Å²) < 4.78 is 16.0. The fourth-order valence-corrected chi connectivity index (χ4v) is 3.32. The van der Waals surface area contributed by atoms with Crippen molar-refractivity contribution in [3.05, 3.63) is 40.1 Å². The lowest BCUT2D eigenvalue weighted by molar-refractivity contribution is -0.124. The summed E-state index contributed by atoms with van der Waals surface area (Å²) in [6.45, 7) is 4.03. The molecule has 0 unspecified atom stereocenters. The Kier molecular flexibility index (Phi) is 7.69. The van der Waals surface area contributed by atoms with Crippen LogP contribution < -0.4 is 24.8 Å². The van der Waals surface area contributed by atoms with Crippen LogP contribution in [0.2, 0.25) is 0 Å². The second-order valence-electron chi connectivity index (χ2n) is 6.42. The zero-order chi connectivity index (χ0) is 20.7. The molecule has 0 saturated carbocycles. The van der Waals surface area contributed by atoms with E-state index in [-0.39, 0.29) is 24.3 Å². The quantitative estimate of drug-likeness (QED) is 0.669. The first-order chi connectivity index (χ1) is 13.4. The van der Waals surface area contributed by atoms with Crippen LogP contribution in [0.4, 0.5) is 0 Å². The molecule has 0 fully saturated rings. The van der Waals surface area contributed by atoms with Crippen molar-refractivity contribution in [3.8, 4) is 17.2 Å². The molecular weight excluding hydrogens is 380 g/mol. The van der Waals surface area contributed by atoms with Crippen molar-refractivity contribution < 1.29 is 23.8 Å². The Morgan fingerprint density at radius 3 is 2.18 bits per heavy atom. The van der Waals surface area contributed by atoms with Gasteiger partial charge in [-0.25, -0.2) is 0 Å². The monoisotopic (exact) mass is 406 g/mol. The molecule has 1 atom stereocenters. The Morgan fingerprint density at radius 1 is 1.07 bits per heavy atom. The zero-order valence-electron chi connectivity index (χ0n) is 16.7. The van der Waals surface area contributed by atoms with E-state index in [4.69, 9.17) is 14.2 Å².